The predicted molar refractivity (Wildman–Crippen MR) is 134 cm³/mol. The third kappa shape index (κ3) is 7.78. The van der Waals surface area contributed by atoms with Gasteiger partial charge in [-0.25, -0.2) is 13.6 Å². The first-order valence-corrected chi connectivity index (χ1v) is 12.1. The minimum atomic E-state index is -3.67. The molecule has 178 valence electrons. The molecule has 3 aromatic rings. The summed E-state index contributed by atoms with van der Waals surface area (Å²) >= 11 is 12.6. The largest absolute Gasteiger partial charge is 0.493 e. The van der Waals surface area contributed by atoms with E-state index >= 15 is 0 Å². The fourth-order valence-electron chi connectivity index (χ4n) is 3.09. The molecule has 33 heavy (non-hydrogen) atoms. The lowest BCUT2D eigenvalue weighted by molar-refractivity contribution is 0.284. The normalized spacial score (nSPS) is 11.0. The maximum absolute atomic E-state index is 11.3. The van der Waals surface area contributed by atoms with E-state index in [2.05, 4.69) is 5.32 Å². The molecule has 0 saturated carbocycles. The Morgan fingerprint density at radius 1 is 0.970 bits per heavy atom. The molecule has 0 aliphatic carbocycles. The molecule has 3 aromatic carbocycles. The van der Waals surface area contributed by atoms with Gasteiger partial charge in [0.25, 0.3) is 0 Å². The summed E-state index contributed by atoms with van der Waals surface area (Å²) in [5.41, 5.74) is 2.81. The second-order valence-electron chi connectivity index (χ2n) is 7.10. The van der Waals surface area contributed by atoms with Crippen molar-refractivity contribution in [3.63, 3.8) is 0 Å². The van der Waals surface area contributed by atoms with Gasteiger partial charge in [0, 0.05) is 17.1 Å². The average Bonchev–Trinajstić information content (AvgIpc) is 2.76. The topological polar surface area (TPSA) is 90.6 Å². The highest BCUT2D eigenvalue weighted by Gasteiger charge is 2.13. The van der Waals surface area contributed by atoms with Gasteiger partial charge >= 0.3 is 0 Å². The van der Waals surface area contributed by atoms with Crippen molar-refractivity contribution in [3.05, 3.63) is 87.4 Å². The van der Waals surface area contributed by atoms with E-state index < -0.39 is 10.0 Å². The zero-order valence-corrected chi connectivity index (χ0v) is 21.0. The minimum Gasteiger partial charge on any atom is -0.493 e. The first-order chi connectivity index (χ1) is 15.3. The SMILES string of the molecule is COc1cc(CNCCc2ccc(S(N)(=O)=O)cc2)cc(Cl)c1OCc1ccccc1Cl.Cl. The first-order valence-electron chi connectivity index (χ1n) is 9.83. The highest BCUT2D eigenvalue weighted by molar-refractivity contribution is 7.89. The summed E-state index contributed by atoms with van der Waals surface area (Å²) in [5, 5.41) is 9.54. The van der Waals surface area contributed by atoms with Crippen LogP contribution in [-0.2, 0) is 29.6 Å². The van der Waals surface area contributed by atoms with Gasteiger partial charge in [-0.2, -0.15) is 0 Å². The molecule has 6 nitrogen and oxygen atoms in total. The summed E-state index contributed by atoms with van der Waals surface area (Å²) < 4.78 is 34.0. The van der Waals surface area contributed by atoms with Crippen LogP contribution >= 0.6 is 35.6 Å². The number of hydrogen-bond donors (Lipinski definition) is 2. The van der Waals surface area contributed by atoms with Crippen LogP contribution in [0.1, 0.15) is 16.7 Å². The van der Waals surface area contributed by atoms with Crippen LogP contribution in [0.4, 0.5) is 0 Å². The molecule has 0 aliphatic rings. The molecule has 0 atom stereocenters. The lowest BCUT2D eigenvalue weighted by Gasteiger charge is -2.15. The zero-order chi connectivity index (χ0) is 23.1. The molecule has 10 heteroatoms. The number of benzene rings is 3. The Morgan fingerprint density at radius 2 is 1.67 bits per heavy atom. The van der Waals surface area contributed by atoms with Gasteiger partial charge in [0.15, 0.2) is 11.5 Å². The molecule has 0 aromatic heterocycles. The summed E-state index contributed by atoms with van der Waals surface area (Å²) in [6, 6.07) is 17.7. The Kier molecular flexibility index (Phi) is 10.3. The average molecular weight is 532 g/mol. The van der Waals surface area contributed by atoms with E-state index in [0.717, 1.165) is 23.1 Å². The summed E-state index contributed by atoms with van der Waals surface area (Å²) in [6.45, 7) is 1.55. The van der Waals surface area contributed by atoms with Crippen molar-refractivity contribution in [2.45, 2.75) is 24.5 Å². The monoisotopic (exact) mass is 530 g/mol. The van der Waals surface area contributed by atoms with Gasteiger partial charge in [-0.3, -0.25) is 0 Å². The van der Waals surface area contributed by atoms with E-state index in [0.29, 0.717) is 34.6 Å². The van der Waals surface area contributed by atoms with Gasteiger partial charge in [0.2, 0.25) is 10.0 Å². The van der Waals surface area contributed by atoms with Crippen LogP contribution in [0, 0.1) is 0 Å². The molecule has 0 amide bonds. The van der Waals surface area contributed by atoms with E-state index in [-0.39, 0.29) is 23.9 Å². The summed E-state index contributed by atoms with van der Waals surface area (Å²) in [6.07, 6.45) is 0.731. The zero-order valence-electron chi connectivity index (χ0n) is 17.9. The van der Waals surface area contributed by atoms with Crippen molar-refractivity contribution < 1.29 is 17.9 Å². The minimum absolute atomic E-state index is 0. The van der Waals surface area contributed by atoms with E-state index in [1.807, 2.05) is 36.4 Å². The third-order valence-corrected chi connectivity index (χ3v) is 6.37. The number of rotatable bonds is 10. The van der Waals surface area contributed by atoms with Crippen LogP contribution < -0.4 is 19.9 Å². The lowest BCUT2D eigenvalue weighted by atomic mass is 10.1. The van der Waals surface area contributed by atoms with Crippen molar-refractivity contribution in [1.29, 1.82) is 0 Å². The van der Waals surface area contributed by atoms with Crippen LogP contribution in [0.5, 0.6) is 11.5 Å². The van der Waals surface area contributed by atoms with E-state index in [1.165, 1.54) is 12.1 Å². The van der Waals surface area contributed by atoms with Crippen molar-refractivity contribution >= 4 is 45.6 Å². The Balaban J connectivity index is 0.00000385. The fraction of sp³-hybridized carbons (Fsp3) is 0.217. The molecule has 0 radical (unpaired) electrons. The summed E-state index contributed by atoms with van der Waals surface area (Å²) in [4.78, 5) is 0.104. The number of primary sulfonamides is 1. The Bertz CT molecular complexity index is 1170. The van der Waals surface area contributed by atoms with Crippen LogP contribution in [0.3, 0.4) is 0 Å². The smallest absolute Gasteiger partial charge is 0.238 e. The van der Waals surface area contributed by atoms with Gasteiger partial charge in [0.05, 0.1) is 17.0 Å². The van der Waals surface area contributed by atoms with E-state index in [9.17, 15) is 8.42 Å². The van der Waals surface area contributed by atoms with Gasteiger partial charge < -0.3 is 14.8 Å². The Hall–Kier alpha value is -2.00. The predicted octanol–water partition coefficient (Wildman–Crippen LogP) is 4.98. The fourth-order valence-corrected chi connectivity index (χ4v) is 4.09. The molecule has 0 aliphatic heterocycles. The van der Waals surface area contributed by atoms with Gasteiger partial charge in [0.1, 0.15) is 6.61 Å². The Morgan fingerprint density at radius 3 is 2.30 bits per heavy atom. The van der Waals surface area contributed by atoms with Crippen molar-refractivity contribution in [2.75, 3.05) is 13.7 Å². The lowest BCUT2D eigenvalue weighted by Crippen LogP contribution is -2.17. The molecule has 0 bridgehead atoms. The number of sulfonamides is 1. The van der Waals surface area contributed by atoms with Crippen molar-refractivity contribution in [2.24, 2.45) is 5.14 Å². The molecule has 0 spiro atoms. The molecule has 3 rings (SSSR count). The second kappa shape index (κ2) is 12.5. The molecule has 0 unspecified atom stereocenters. The maximum atomic E-state index is 11.3. The maximum Gasteiger partial charge on any atom is 0.238 e. The Labute approximate surface area is 210 Å². The third-order valence-electron chi connectivity index (χ3n) is 4.79. The van der Waals surface area contributed by atoms with Gasteiger partial charge in [-0.1, -0.05) is 53.5 Å². The molecule has 0 fully saturated rings. The quantitative estimate of drug-likeness (QED) is 0.360. The summed E-state index contributed by atoms with van der Waals surface area (Å²) in [7, 11) is -2.11. The van der Waals surface area contributed by atoms with Crippen LogP contribution in [0.15, 0.2) is 65.6 Å². The van der Waals surface area contributed by atoms with E-state index in [4.69, 9.17) is 37.8 Å². The molecule has 0 saturated heterocycles. The number of ether oxygens (including phenoxy) is 2. The first kappa shape index (κ1) is 27.2. The number of nitrogens with two attached hydrogens (primary N) is 1. The highest BCUT2D eigenvalue weighted by atomic mass is 35.5. The number of nitrogens with one attached hydrogen (secondary N) is 1. The van der Waals surface area contributed by atoms with Crippen LogP contribution in [0.25, 0.3) is 0 Å². The van der Waals surface area contributed by atoms with E-state index in [1.54, 1.807) is 19.2 Å². The molecular formula is C23H25Cl3N2O4S. The highest BCUT2D eigenvalue weighted by Crippen LogP contribution is 2.37. The number of methoxy groups -OCH3 is 1. The van der Waals surface area contributed by atoms with Gasteiger partial charge in [-0.15, -0.1) is 12.4 Å². The standard InChI is InChI=1S/C23H24Cl2N2O4S.ClH/c1-30-22-13-17(12-21(25)23(22)31-15-18-4-2-3-5-20(18)24)14-27-11-10-16-6-8-19(9-7-16)32(26,28)29;/h2-9,12-13,27H,10-11,14-15H2,1H3,(H2,26,28,29);1H. The molecule has 3 N–H and O–H groups in total. The van der Waals surface area contributed by atoms with Crippen LogP contribution in [-0.4, -0.2) is 22.1 Å². The van der Waals surface area contributed by atoms with Crippen LogP contribution in [0.2, 0.25) is 10.0 Å². The number of halogens is 3. The second-order valence-corrected chi connectivity index (χ2v) is 9.48. The van der Waals surface area contributed by atoms with Gasteiger partial charge in [-0.05, 0) is 54.4 Å². The molecular weight excluding hydrogens is 507 g/mol. The molecule has 0 heterocycles. The number of hydrogen-bond acceptors (Lipinski definition) is 5. The van der Waals surface area contributed by atoms with Crippen molar-refractivity contribution in [1.82, 2.24) is 5.32 Å². The van der Waals surface area contributed by atoms with Crippen molar-refractivity contribution in [3.8, 4) is 11.5 Å². The summed E-state index contributed by atoms with van der Waals surface area (Å²) in [5.74, 6) is 1.01.